The van der Waals surface area contributed by atoms with E-state index >= 15 is 0 Å². The molecular weight excluding hydrogens is 357 g/mol. The molecule has 0 unspecified atom stereocenters. The summed E-state index contributed by atoms with van der Waals surface area (Å²) in [7, 11) is 0. The molecule has 140 valence electrons. The molecule has 0 spiro atoms. The van der Waals surface area contributed by atoms with Crippen molar-refractivity contribution >= 4 is 22.4 Å². The highest BCUT2D eigenvalue weighted by Gasteiger charge is 2.27. The maximum Gasteiger partial charge on any atom is 0.245 e. The van der Waals surface area contributed by atoms with Crippen LogP contribution in [-0.4, -0.2) is 29.6 Å². The Balaban J connectivity index is 1.86. The van der Waals surface area contributed by atoms with E-state index in [1.807, 2.05) is 0 Å². The van der Waals surface area contributed by atoms with Gasteiger partial charge in [-0.2, -0.15) is 0 Å². The second kappa shape index (κ2) is 7.69. The molecule has 6 nitrogen and oxygen atoms in total. The highest BCUT2D eigenvalue weighted by atomic mass is 32.1. The predicted octanol–water partition coefficient (Wildman–Crippen LogP) is 3.64. The zero-order valence-electron chi connectivity index (χ0n) is 14.8. The molecule has 1 saturated heterocycles. The second-order valence-electron chi connectivity index (χ2n) is 6.81. The number of ether oxygens (including phenoxy) is 2. The van der Waals surface area contributed by atoms with Gasteiger partial charge in [-0.05, 0) is 51.0 Å². The fraction of sp³-hybridized carbons (Fsp3) is 0.444. The van der Waals surface area contributed by atoms with Crippen molar-refractivity contribution in [1.82, 2.24) is 4.98 Å². The van der Waals surface area contributed by atoms with Crippen molar-refractivity contribution in [3.63, 3.8) is 0 Å². The van der Waals surface area contributed by atoms with Gasteiger partial charge in [-0.1, -0.05) is 11.3 Å². The molecule has 0 radical (unpaired) electrons. The highest BCUT2D eigenvalue weighted by molar-refractivity contribution is 7.17. The maximum absolute atomic E-state index is 13.1. The van der Waals surface area contributed by atoms with Crippen LogP contribution in [0.25, 0.3) is 0 Å². The van der Waals surface area contributed by atoms with Gasteiger partial charge in [0.1, 0.15) is 17.3 Å². The summed E-state index contributed by atoms with van der Waals surface area (Å²) in [4.78, 5) is 16.7. The van der Waals surface area contributed by atoms with E-state index in [-0.39, 0.29) is 17.6 Å². The lowest BCUT2D eigenvalue weighted by molar-refractivity contribution is -0.120. The number of aromatic nitrogens is 1. The number of carbonyl (C=O) groups excluding carboxylic acids is 1. The van der Waals surface area contributed by atoms with Crippen LogP contribution in [0.4, 0.5) is 9.52 Å². The third kappa shape index (κ3) is 4.57. The number of nitrogens with two attached hydrogens (primary N) is 1. The van der Waals surface area contributed by atoms with E-state index in [4.69, 9.17) is 15.2 Å². The number of hydrogen-bond acceptors (Lipinski definition) is 6. The van der Waals surface area contributed by atoms with E-state index in [0.29, 0.717) is 29.2 Å². The molecule has 3 rings (SSSR count). The normalized spacial score (nSPS) is 15.7. The van der Waals surface area contributed by atoms with Crippen LogP contribution in [-0.2, 0) is 9.53 Å². The first-order valence-corrected chi connectivity index (χ1v) is 9.27. The van der Waals surface area contributed by atoms with Crippen LogP contribution in [0.15, 0.2) is 24.3 Å². The quantitative estimate of drug-likeness (QED) is 0.828. The van der Waals surface area contributed by atoms with Gasteiger partial charge < -0.3 is 20.5 Å². The van der Waals surface area contributed by atoms with E-state index in [1.165, 1.54) is 23.5 Å². The van der Waals surface area contributed by atoms with E-state index in [1.54, 1.807) is 26.0 Å². The monoisotopic (exact) mass is 379 g/mol. The Morgan fingerprint density at radius 1 is 1.35 bits per heavy atom. The number of carbonyl (C=O) groups is 1. The lowest BCUT2D eigenvalue weighted by Gasteiger charge is -2.21. The third-order valence-corrected chi connectivity index (χ3v) is 4.92. The fourth-order valence-corrected chi connectivity index (χ4v) is 3.46. The number of halogens is 1. The van der Waals surface area contributed by atoms with Gasteiger partial charge in [0.15, 0.2) is 5.13 Å². The SMILES string of the molecule is CC(C)(N)C(=O)Nc1nc(C2CCOCC2)c(Oc2ccc(F)cc2)s1. The number of anilines is 1. The van der Waals surface area contributed by atoms with Gasteiger partial charge in [-0.25, -0.2) is 9.37 Å². The molecular formula is C18H22FN3O3S. The van der Waals surface area contributed by atoms with Crippen LogP contribution in [0.2, 0.25) is 0 Å². The molecule has 2 aromatic rings. The van der Waals surface area contributed by atoms with Gasteiger partial charge in [0, 0.05) is 19.1 Å². The largest absolute Gasteiger partial charge is 0.445 e. The molecule has 8 heteroatoms. The molecule has 26 heavy (non-hydrogen) atoms. The summed E-state index contributed by atoms with van der Waals surface area (Å²) in [5.41, 5.74) is 5.61. The first-order valence-electron chi connectivity index (χ1n) is 8.45. The van der Waals surface area contributed by atoms with Crippen molar-refractivity contribution in [3.8, 4) is 10.8 Å². The number of rotatable bonds is 5. The lowest BCUT2D eigenvalue weighted by atomic mass is 9.97. The molecule has 3 N–H and O–H groups in total. The van der Waals surface area contributed by atoms with Crippen LogP contribution < -0.4 is 15.8 Å². The van der Waals surface area contributed by atoms with Crippen LogP contribution >= 0.6 is 11.3 Å². The van der Waals surface area contributed by atoms with Crippen molar-refractivity contribution in [2.45, 2.75) is 38.1 Å². The van der Waals surface area contributed by atoms with E-state index in [9.17, 15) is 9.18 Å². The van der Waals surface area contributed by atoms with Gasteiger partial charge >= 0.3 is 0 Å². The van der Waals surface area contributed by atoms with Crippen molar-refractivity contribution < 1.29 is 18.7 Å². The molecule has 1 fully saturated rings. The van der Waals surface area contributed by atoms with Crippen molar-refractivity contribution in [2.24, 2.45) is 5.73 Å². The van der Waals surface area contributed by atoms with Gasteiger partial charge in [0.2, 0.25) is 11.0 Å². The van der Waals surface area contributed by atoms with E-state index in [0.717, 1.165) is 18.5 Å². The third-order valence-electron chi connectivity index (χ3n) is 4.06. The maximum atomic E-state index is 13.1. The fourth-order valence-electron chi connectivity index (χ4n) is 2.54. The highest BCUT2D eigenvalue weighted by Crippen LogP contribution is 2.41. The van der Waals surface area contributed by atoms with Gasteiger partial charge in [-0.15, -0.1) is 0 Å². The summed E-state index contributed by atoms with van der Waals surface area (Å²) in [5, 5.41) is 3.78. The standard InChI is InChI=1S/C18H22FN3O3S/c1-18(2,20)16(23)22-17-21-14(11-7-9-24-10-8-11)15(26-17)25-13-5-3-12(19)4-6-13/h3-6,11H,7-10,20H2,1-2H3,(H,21,22,23). The Labute approximate surface area is 155 Å². The minimum absolute atomic E-state index is 0.187. The Morgan fingerprint density at radius 2 is 2.00 bits per heavy atom. The molecule has 0 atom stereocenters. The zero-order valence-corrected chi connectivity index (χ0v) is 15.6. The Hall–Kier alpha value is -2.03. The molecule has 1 aromatic heterocycles. The van der Waals surface area contributed by atoms with Crippen LogP contribution in [0, 0.1) is 5.82 Å². The Kier molecular flexibility index (Phi) is 5.55. The summed E-state index contributed by atoms with van der Waals surface area (Å²) in [5.74, 6) is 0.0509. The molecule has 0 bridgehead atoms. The zero-order chi connectivity index (χ0) is 18.7. The number of nitrogens with one attached hydrogen (secondary N) is 1. The van der Waals surface area contributed by atoms with Gasteiger partial charge in [0.25, 0.3) is 0 Å². The van der Waals surface area contributed by atoms with E-state index < -0.39 is 5.54 Å². The molecule has 0 aliphatic carbocycles. The molecule has 2 heterocycles. The number of amides is 1. The minimum Gasteiger partial charge on any atom is -0.445 e. The van der Waals surface area contributed by atoms with Crippen molar-refractivity contribution in [3.05, 3.63) is 35.8 Å². The molecule has 1 aromatic carbocycles. The molecule has 1 amide bonds. The molecule has 1 aliphatic heterocycles. The van der Waals surface area contributed by atoms with E-state index in [2.05, 4.69) is 10.3 Å². The number of thiazole rings is 1. The summed E-state index contributed by atoms with van der Waals surface area (Å²) in [6, 6.07) is 5.79. The number of hydrogen-bond donors (Lipinski definition) is 2. The Bertz CT molecular complexity index is 765. The second-order valence-corrected chi connectivity index (χ2v) is 7.77. The first-order chi connectivity index (χ1) is 12.3. The van der Waals surface area contributed by atoms with Crippen LogP contribution in [0.3, 0.4) is 0 Å². The molecule has 0 saturated carbocycles. The predicted molar refractivity (Wildman–Crippen MR) is 98.3 cm³/mol. The van der Waals surface area contributed by atoms with Crippen molar-refractivity contribution in [2.75, 3.05) is 18.5 Å². The summed E-state index contributed by atoms with van der Waals surface area (Å²) < 4.78 is 24.5. The number of nitrogens with zero attached hydrogens (tertiary/aromatic N) is 1. The smallest absolute Gasteiger partial charge is 0.245 e. The first kappa shape index (κ1) is 18.8. The summed E-state index contributed by atoms with van der Waals surface area (Å²) in [6.45, 7) is 4.59. The van der Waals surface area contributed by atoms with Crippen molar-refractivity contribution in [1.29, 1.82) is 0 Å². The van der Waals surface area contributed by atoms with Gasteiger partial charge in [-0.3, -0.25) is 4.79 Å². The summed E-state index contributed by atoms with van der Waals surface area (Å²) >= 11 is 1.24. The minimum atomic E-state index is -1.01. The topological polar surface area (TPSA) is 86.5 Å². The van der Waals surface area contributed by atoms with Crippen LogP contribution in [0.1, 0.15) is 38.3 Å². The number of benzene rings is 1. The lowest BCUT2D eigenvalue weighted by Crippen LogP contribution is -2.45. The molecule has 1 aliphatic rings. The van der Waals surface area contributed by atoms with Gasteiger partial charge in [0.05, 0.1) is 5.54 Å². The van der Waals surface area contributed by atoms with Crippen LogP contribution in [0.5, 0.6) is 10.8 Å². The average Bonchev–Trinajstić information content (AvgIpc) is 2.99. The Morgan fingerprint density at radius 3 is 2.62 bits per heavy atom. The average molecular weight is 379 g/mol. The summed E-state index contributed by atoms with van der Waals surface area (Å²) in [6.07, 6.45) is 1.67.